The standard InChI is InChI=1S/C6H8BrN2/c1-2-9-5-3-4-8-6(9)7/h3-5H,2H2,1H3/q+1. The lowest BCUT2D eigenvalue weighted by atomic mass is 10.6. The van der Waals surface area contributed by atoms with Crippen LogP contribution in [0.1, 0.15) is 6.92 Å². The average molecular weight is 188 g/mol. The van der Waals surface area contributed by atoms with Crippen LogP contribution in [0.5, 0.6) is 0 Å². The minimum Gasteiger partial charge on any atom is -0.225 e. The third-order valence-electron chi connectivity index (χ3n) is 1.11. The van der Waals surface area contributed by atoms with Gasteiger partial charge in [0.15, 0.2) is 0 Å². The monoisotopic (exact) mass is 187 g/mol. The summed E-state index contributed by atoms with van der Waals surface area (Å²) in [5, 5.41) is 0. The van der Waals surface area contributed by atoms with E-state index in [0.717, 1.165) is 11.3 Å². The highest BCUT2D eigenvalue weighted by atomic mass is 79.9. The Kier molecular flexibility index (Phi) is 2.16. The molecule has 48 valence electrons. The maximum absolute atomic E-state index is 4.03. The van der Waals surface area contributed by atoms with Crippen LogP contribution in [0.15, 0.2) is 23.2 Å². The molecule has 1 heterocycles. The number of aryl methyl sites for hydroxylation is 1. The number of aromatic nitrogens is 2. The predicted octanol–water partition coefficient (Wildman–Crippen LogP) is 1.15. The molecule has 0 unspecified atom stereocenters. The summed E-state index contributed by atoms with van der Waals surface area (Å²) in [5.41, 5.74) is 0. The van der Waals surface area contributed by atoms with Crippen molar-refractivity contribution in [2.24, 2.45) is 0 Å². The molecule has 0 aliphatic heterocycles. The van der Waals surface area contributed by atoms with Gasteiger partial charge < -0.3 is 0 Å². The molecule has 1 aromatic heterocycles. The van der Waals surface area contributed by atoms with E-state index in [-0.39, 0.29) is 0 Å². The fraction of sp³-hybridized carbons (Fsp3) is 0.333. The summed E-state index contributed by atoms with van der Waals surface area (Å²) in [4.78, 5) is 4.03. The van der Waals surface area contributed by atoms with Gasteiger partial charge >= 0.3 is 4.73 Å². The predicted molar refractivity (Wildman–Crippen MR) is 37.8 cm³/mol. The van der Waals surface area contributed by atoms with Crippen molar-refractivity contribution in [2.75, 3.05) is 0 Å². The Morgan fingerprint density at radius 1 is 1.78 bits per heavy atom. The van der Waals surface area contributed by atoms with Gasteiger partial charge in [-0.2, -0.15) is 0 Å². The number of halogens is 1. The van der Waals surface area contributed by atoms with E-state index < -0.39 is 0 Å². The molecule has 0 aliphatic carbocycles. The molecule has 0 aliphatic rings. The number of hydrogen-bond donors (Lipinski definition) is 0. The van der Waals surface area contributed by atoms with E-state index in [0.29, 0.717) is 0 Å². The Morgan fingerprint density at radius 2 is 2.56 bits per heavy atom. The van der Waals surface area contributed by atoms with E-state index >= 15 is 0 Å². The second-order valence-corrected chi connectivity index (χ2v) is 2.38. The van der Waals surface area contributed by atoms with E-state index in [4.69, 9.17) is 0 Å². The fourth-order valence-electron chi connectivity index (χ4n) is 0.618. The Balaban J connectivity index is 3.01. The molecule has 0 radical (unpaired) electrons. The third kappa shape index (κ3) is 1.48. The lowest BCUT2D eigenvalue weighted by Gasteiger charge is -1.91. The normalized spacial score (nSPS) is 9.56. The first-order valence-electron chi connectivity index (χ1n) is 2.84. The molecule has 1 rings (SSSR count). The second kappa shape index (κ2) is 2.92. The molecule has 0 fully saturated rings. The first-order chi connectivity index (χ1) is 4.34. The highest BCUT2D eigenvalue weighted by Gasteiger charge is 2.01. The molecule has 0 bridgehead atoms. The van der Waals surface area contributed by atoms with E-state index in [1.165, 1.54) is 0 Å². The van der Waals surface area contributed by atoms with E-state index in [1.807, 2.05) is 16.8 Å². The summed E-state index contributed by atoms with van der Waals surface area (Å²) >= 11 is 3.31. The third-order valence-corrected chi connectivity index (χ3v) is 1.77. The largest absolute Gasteiger partial charge is 0.366 e. The van der Waals surface area contributed by atoms with Crippen LogP contribution < -0.4 is 4.57 Å². The Labute approximate surface area is 62.7 Å². The van der Waals surface area contributed by atoms with Crippen LogP contribution in [-0.4, -0.2) is 4.98 Å². The van der Waals surface area contributed by atoms with Gasteiger partial charge in [-0.25, -0.2) is 4.57 Å². The molecule has 2 nitrogen and oxygen atoms in total. The van der Waals surface area contributed by atoms with Crippen molar-refractivity contribution in [3.63, 3.8) is 0 Å². The number of rotatable bonds is 1. The Hall–Kier alpha value is -0.440. The summed E-state index contributed by atoms with van der Waals surface area (Å²) < 4.78 is 2.90. The van der Waals surface area contributed by atoms with Crippen molar-refractivity contribution >= 4 is 15.9 Å². The molecular formula is C6H8BrN2+. The van der Waals surface area contributed by atoms with Gasteiger partial charge in [0.1, 0.15) is 6.20 Å². The van der Waals surface area contributed by atoms with Gasteiger partial charge in [0.25, 0.3) is 0 Å². The molecule has 0 atom stereocenters. The summed E-state index contributed by atoms with van der Waals surface area (Å²) in [7, 11) is 0. The molecule has 9 heavy (non-hydrogen) atoms. The zero-order valence-electron chi connectivity index (χ0n) is 5.21. The smallest absolute Gasteiger partial charge is 0.225 e. The summed E-state index contributed by atoms with van der Waals surface area (Å²) in [6.45, 7) is 3.03. The quantitative estimate of drug-likeness (QED) is 0.477. The van der Waals surface area contributed by atoms with Crippen LogP contribution in [0.2, 0.25) is 0 Å². The van der Waals surface area contributed by atoms with Crippen molar-refractivity contribution in [3.8, 4) is 0 Å². The first-order valence-corrected chi connectivity index (χ1v) is 3.64. The van der Waals surface area contributed by atoms with Crippen LogP contribution in [0.4, 0.5) is 0 Å². The molecule has 0 saturated carbocycles. The van der Waals surface area contributed by atoms with Crippen LogP contribution in [0, 0.1) is 0 Å². The van der Waals surface area contributed by atoms with Gasteiger partial charge in [-0.3, -0.25) is 0 Å². The van der Waals surface area contributed by atoms with Crippen LogP contribution in [0.3, 0.4) is 0 Å². The van der Waals surface area contributed by atoms with Gasteiger partial charge in [-0.05, 0) is 11.9 Å². The average Bonchev–Trinajstić information content (AvgIpc) is 1.89. The minimum atomic E-state index is 0.882. The van der Waals surface area contributed by atoms with Crippen LogP contribution >= 0.6 is 15.9 Å². The number of nitrogens with zero attached hydrogens (tertiary/aromatic N) is 2. The summed E-state index contributed by atoms with van der Waals surface area (Å²) in [6.07, 6.45) is 3.74. The highest BCUT2D eigenvalue weighted by molar-refractivity contribution is 9.10. The molecule has 0 amide bonds. The minimum absolute atomic E-state index is 0.882. The van der Waals surface area contributed by atoms with E-state index in [2.05, 4.69) is 27.8 Å². The molecule has 0 saturated heterocycles. The fourth-order valence-corrected chi connectivity index (χ4v) is 1.11. The Bertz CT molecular complexity index is 200. The second-order valence-electron chi connectivity index (χ2n) is 1.67. The zero-order chi connectivity index (χ0) is 6.69. The highest BCUT2D eigenvalue weighted by Crippen LogP contribution is 1.93. The zero-order valence-corrected chi connectivity index (χ0v) is 6.80. The molecular weight excluding hydrogens is 180 g/mol. The SMILES string of the molecule is CC[n+]1cccnc1Br. The van der Waals surface area contributed by atoms with Crippen molar-refractivity contribution < 1.29 is 4.57 Å². The summed E-state index contributed by atoms with van der Waals surface area (Å²) in [6, 6.07) is 1.91. The molecule has 0 aromatic carbocycles. The lowest BCUT2D eigenvalue weighted by Crippen LogP contribution is -2.33. The van der Waals surface area contributed by atoms with Gasteiger partial charge in [0, 0.05) is 6.07 Å². The summed E-state index contributed by atoms with van der Waals surface area (Å²) in [5.74, 6) is 0. The Morgan fingerprint density at radius 3 is 3.00 bits per heavy atom. The van der Waals surface area contributed by atoms with Gasteiger partial charge in [0.2, 0.25) is 0 Å². The van der Waals surface area contributed by atoms with E-state index in [1.54, 1.807) is 6.20 Å². The molecule has 3 heteroatoms. The lowest BCUT2D eigenvalue weighted by molar-refractivity contribution is -0.707. The molecule has 1 aromatic rings. The van der Waals surface area contributed by atoms with E-state index in [9.17, 15) is 0 Å². The maximum atomic E-state index is 4.03. The van der Waals surface area contributed by atoms with Crippen LogP contribution in [-0.2, 0) is 6.54 Å². The first kappa shape index (κ1) is 6.68. The van der Waals surface area contributed by atoms with Crippen molar-refractivity contribution in [2.45, 2.75) is 13.5 Å². The van der Waals surface area contributed by atoms with Crippen molar-refractivity contribution in [1.29, 1.82) is 0 Å². The number of hydrogen-bond acceptors (Lipinski definition) is 1. The maximum Gasteiger partial charge on any atom is 0.366 e. The topological polar surface area (TPSA) is 16.8 Å². The van der Waals surface area contributed by atoms with Gasteiger partial charge in [-0.1, -0.05) is 0 Å². The molecule has 0 N–H and O–H groups in total. The molecule has 0 spiro atoms. The van der Waals surface area contributed by atoms with Gasteiger partial charge in [0.05, 0.1) is 28.7 Å². The van der Waals surface area contributed by atoms with Gasteiger partial charge in [-0.15, -0.1) is 0 Å². The van der Waals surface area contributed by atoms with Crippen molar-refractivity contribution in [1.82, 2.24) is 4.98 Å². The van der Waals surface area contributed by atoms with Crippen LogP contribution in [0.25, 0.3) is 0 Å². The van der Waals surface area contributed by atoms with Crippen molar-refractivity contribution in [3.05, 3.63) is 23.2 Å².